The predicted molar refractivity (Wildman–Crippen MR) is 82.7 cm³/mol. The van der Waals surface area contributed by atoms with E-state index in [0.717, 1.165) is 4.47 Å². The second-order valence-corrected chi connectivity index (χ2v) is 6.17. The fourth-order valence-corrected chi connectivity index (χ4v) is 2.02. The van der Waals surface area contributed by atoms with E-state index < -0.39 is 12.2 Å². The fourth-order valence-electron chi connectivity index (χ4n) is 1.65. The standard InChI is InChI=1S/C15H22BrNO3/c1-9(2)8-17-15(19)11(4)20-14-6-5-12(16)7-13(14)10(3)18/h5-7,9-11,18H,8H2,1-4H3,(H,17,19)/t10-,11?/m1/s1. The summed E-state index contributed by atoms with van der Waals surface area (Å²) in [5.41, 5.74) is 0.655. The molecule has 1 unspecified atom stereocenters. The summed E-state index contributed by atoms with van der Waals surface area (Å²) in [6, 6.07) is 5.36. The highest BCUT2D eigenvalue weighted by Gasteiger charge is 2.18. The highest BCUT2D eigenvalue weighted by Crippen LogP contribution is 2.29. The van der Waals surface area contributed by atoms with Crippen molar-refractivity contribution < 1.29 is 14.6 Å². The number of carbonyl (C=O) groups is 1. The molecule has 0 saturated heterocycles. The van der Waals surface area contributed by atoms with Gasteiger partial charge in [0.25, 0.3) is 5.91 Å². The number of rotatable bonds is 6. The van der Waals surface area contributed by atoms with Crippen LogP contribution in [-0.2, 0) is 4.79 Å². The first kappa shape index (κ1) is 17.0. The number of aliphatic hydroxyl groups excluding tert-OH is 1. The second-order valence-electron chi connectivity index (χ2n) is 5.26. The maximum absolute atomic E-state index is 11.9. The zero-order chi connectivity index (χ0) is 15.3. The van der Waals surface area contributed by atoms with E-state index in [-0.39, 0.29) is 5.91 Å². The number of hydrogen-bond acceptors (Lipinski definition) is 3. The third-order valence-electron chi connectivity index (χ3n) is 2.78. The summed E-state index contributed by atoms with van der Waals surface area (Å²) in [6.07, 6.45) is -1.26. The van der Waals surface area contributed by atoms with Crippen LogP contribution in [0.2, 0.25) is 0 Å². The van der Waals surface area contributed by atoms with E-state index in [4.69, 9.17) is 4.74 Å². The van der Waals surface area contributed by atoms with Gasteiger partial charge in [0.05, 0.1) is 6.10 Å². The fraction of sp³-hybridized carbons (Fsp3) is 0.533. The number of aliphatic hydroxyl groups is 1. The van der Waals surface area contributed by atoms with Crippen LogP contribution in [0.3, 0.4) is 0 Å². The van der Waals surface area contributed by atoms with E-state index in [9.17, 15) is 9.90 Å². The van der Waals surface area contributed by atoms with E-state index in [1.165, 1.54) is 0 Å². The smallest absolute Gasteiger partial charge is 0.260 e. The number of ether oxygens (including phenoxy) is 1. The van der Waals surface area contributed by atoms with Crippen LogP contribution in [-0.4, -0.2) is 23.7 Å². The van der Waals surface area contributed by atoms with Crippen LogP contribution in [0.4, 0.5) is 0 Å². The van der Waals surface area contributed by atoms with Crippen molar-refractivity contribution in [3.05, 3.63) is 28.2 Å². The van der Waals surface area contributed by atoms with Gasteiger partial charge in [0.1, 0.15) is 5.75 Å². The summed E-state index contributed by atoms with van der Waals surface area (Å²) in [6.45, 7) is 8.05. The number of hydrogen-bond donors (Lipinski definition) is 2. The van der Waals surface area contributed by atoms with Gasteiger partial charge in [0.15, 0.2) is 6.10 Å². The molecule has 1 amide bonds. The summed E-state index contributed by atoms with van der Waals surface area (Å²) in [4.78, 5) is 11.9. The normalized spacial score (nSPS) is 13.9. The minimum Gasteiger partial charge on any atom is -0.481 e. The highest BCUT2D eigenvalue weighted by molar-refractivity contribution is 9.10. The molecule has 1 rings (SSSR count). The van der Waals surface area contributed by atoms with Gasteiger partial charge >= 0.3 is 0 Å². The zero-order valence-electron chi connectivity index (χ0n) is 12.3. The van der Waals surface area contributed by atoms with Crippen molar-refractivity contribution in [2.24, 2.45) is 5.92 Å². The molecule has 0 saturated carbocycles. The molecule has 2 N–H and O–H groups in total. The molecule has 0 heterocycles. The molecular weight excluding hydrogens is 322 g/mol. The minimum atomic E-state index is -0.659. The van der Waals surface area contributed by atoms with Crippen LogP contribution >= 0.6 is 15.9 Å². The van der Waals surface area contributed by atoms with Crippen LogP contribution in [0, 0.1) is 5.92 Å². The van der Waals surface area contributed by atoms with Crippen molar-refractivity contribution in [2.75, 3.05) is 6.54 Å². The maximum atomic E-state index is 11.9. The third kappa shape index (κ3) is 5.13. The van der Waals surface area contributed by atoms with Crippen molar-refractivity contribution in [2.45, 2.75) is 39.9 Å². The molecule has 0 bridgehead atoms. The lowest BCUT2D eigenvalue weighted by molar-refractivity contribution is -0.127. The van der Waals surface area contributed by atoms with Gasteiger partial charge < -0.3 is 15.2 Å². The van der Waals surface area contributed by atoms with Gasteiger partial charge in [-0.1, -0.05) is 29.8 Å². The Morgan fingerprint density at radius 3 is 2.55 bits per heavy atom. The van der Waals surface area contributed by atoms with Gasteiger partial charge in [0, 0.05) is 16.6 Å². The maximum Gasteiger partial charge on any atom is 0.260 e. The first-order valence-corrected chi connectivity index (χ1v) is 7.52. The summed E-state index contributed by atoms with van der Waals surface area (Å²) in [7, 11) is 0. The molecule has 0 aliphatic heterocycles. The Morgan fingerprint density at radius 1 is 1.35 bits per heavy atom. The van der Waals surface area contributed by atoms with Crippen molar-refractivity contribution in [3.8, 4) is 5.75 Å². The molecule has 0 radical (unpaired) electrons. The Bertz CT molecular complexity index is 460. The lowest BCUT2D eigenvalue weighted by Gasteiger charge is -2.19. The first-order chi connectivity index (χ1) is 9.31. The van der Waals surface area contributed by atoms with Crippen LogP contribution in [0.15, 0.2) is 22.7 Å². The summed E-state index contributed by atoms with van der Waals surface area (Å²) in [5.74, 6) is 0.764. The first-order valence-electron chi connectivity index (χ1n) is 6.73. The monoisotopic (exact) mass is 343 g/mol. The Labute approximate surface area is 128 Å². The van der Waals surface area contributed by atoms with E-state index in [0.29, 0.717) is 23.8 Å². The number of benzene rings is 1. The Hall–Kier alpha value is -1.07. The van der Waals surface area contributed by atoms with E-state index in [1.54, 1.807) is 26.0 Å². The predicted octanol–water partition coefficient (Wildman–Crippen LogP) is 3.04. The quantitative estimate of drug-likeness (QED) is 0.834. The van der Waals surface area contributed by atoms with Gasteiger partial charge in [-0.05, 0) is 38.0 Å². The van der Waals surface area contributed by atoms with Crippen molar-refractivity contribution >= 4 is 21.8 Å². The lowest BCUT2D eigenvalue weighted by Crippen LogP contribution is -2.38. The Kier molecular flexibility index (Phi) is 6.49. The largest absolute Gasteiger partial charge is 0.481 e. The third-order valence-corrected chi connectivity index (χ3v) is 3.27. The van der Waals surface area contributed by atoms with Crippen LogP contribution in [0.1, 0.15) is 39.4 Å². The van der Waals surface area contributed by atoms with Gasteiger partial charge in [-0.3, -0.25) is 4.79 Å². The summed E-state index contributed by atoms with van der Waals surface area (Å²) < 4.78 is 6.52. The molecule has 20 heavy (non-hydrogen) atoms. The van der Waals surface area contributed by atoms with Crippen molar-refractivity contribution in [1.82, 2.24) is 5.32 Å². The number of nitrogens with one attached hydrogen (secondary N) is 1. The number of amides is 1. The van der Waals surface area contributed by atoms with Gasteiger partial charge in [-0.2, -0.15) is 0 Å². The lowest BCUT2D eigenvalue weighted by atomic mass is 10.1. The van der Waals surface area contributed by atoms with E-state index >= 15 is 0 Å². The van der Waals surface area contributed by atoms with Gasteiger partial charge in [-0.15, -0.1) is 0 Å². The summed E-state index contributed by atoms with van der Waals surface area (Å²) >= 11 is 3.35. The van der Waals surface area contributed by atoms with E-state index in [1.807, 2.05) is 19.9 Å². The molecule has 0 aromatic heterocycles. The average Bonchev–Trinajstić information content (AvgIpc) is 2.37. The average molecular weight is 344 g/mol. The highest BCUT2D eigenvalue weighted by atomic mass is 79.9. The molecule has 1 aromatic carbocycles. The van der Waals surface area contributed by atoms with Crippen molar-refractivity contribution in [1.29, 1.82) is 0 Å². The Morgan fingerprint density at radius 2 is 2.00 bits per heavy atom. The molecule has 0 fully saturated rings. The molecule has 2 atom stereocenters. The van der Waals surface area contributed by atoms with Crippen molar-refractivity contribution in [3.63, 3.8) is 0 Å². The number of halogens is 1. The number of carbonyl (C=O) groups excluding carboxylic acids is 1. The topological polar surface area (TPSA) is 58.6 Å². The molecule has 112 valence electrons. The SMILES string of the molecule is CC(C)CNC(=O)C(C)Oc1ccc(Br)cc1[C@@H](C)O. The second kappa shape index (κ2) is 7.64. The van der Waals surface area contributed by atoms with Crippen LogP contribution < -0.4 is 10.1 Å². The minimum absolute atomic E-state index is 0.154. The Balaban J connectivity index is 2.75. The van der Waals surface area contributed by atoms with Gasteiger partial charge in [-0.25, -0.2) is 0 Å². The molecule has 5 heteroatoms. The summed E-state index contributed by atoms with van der Waals surface area (Å²) in [5, 5.41) is 12.6. The van der Waals surface area contributed by atoms with Crippen LogP contribution in [0.5, 0.6) is 5.75 Å². The van der Waals surface area contributed by atoms with Gasteiger partial charge in [0.2, 0.25) is 0 Å². The van der Waals surface area contributed by atoms with E-state index in [2.05, 4.69) is 21.2 Å². The molecule has 4 nitrogen and oxygen atoms in total. The molecule has 0 spiro atoms. The molecule has 0 aliphatic carbocycles. The molecule has 0 aliphatic rings. The zero-order valence-corrected chi connectivity index (χ0v) is 13.9. The van der Waals surface area contributed by atoms with Crippen LogP contribution in [0.25, 0.3) is 0 Å². The molecule has 1 aromatic rings. The molecular formula is C15H22BrNO3.